The van der Waals surface area contributed by atoms with E-state index in [1.807, 2.05) is 22.8 Å². The van der Waals surface area contributed by atoms with Gasteiger partial charge < -0.3 is 15.0 Å². The first kappa shape index (κ1) is 20.8. The van der Waals surface area contributed by atoms with Gasteiger partial charge in [0.25, 0.3) is 0 Å². The third-order valence-electron chi connectivity index (χ3n) is 5.38. The van der Waals surface area contributed by atoms with Crippen molar-refractivity contribution in [1.29, 1.82) is 0 Å². The van der Waals surface area contributed by atoms with Crippen molar-refractivity contribution in [3.8, 4) is 0 Å². The molecule has 0 aliphatic heterocycles. The Kier molecular flexibility index (Phi) is 6.40. The summed E-state index contributed by atoms with van der Waals surface area (Å²) in [6, 6.07) is 0. The number of rotatable bonds is 5. The molecular formula is C20H28N4O2S2. The van der Waals surface area contributed by atoms with Crippen molar-refractivity contribution >= 4 is 39.6 Å². The Labute approximate surface area is 175 Å². The number of nitrogens with one attached hydrogen (secondary N) is 1. The summed E-state index contributed by atoms with van der Waals surface area (Å²) in [4.78, 5) is 15.7. The van der Waals surface area contributed by atoms with Crippen LogP contribution in [-0.2, 0) is 30.7 Å². The number of esters is 1. The Morgan fingerprint density at radius 3 is 2.93 bits per heavy atom. The van der Waals surface area contributed by atoms with Crippen molar-refractivity contribution in [3.63, 3.8) is 0 Å². The van der Waals surface area contributed by atoms with Gasteiger partial charge in [0.2, 0.25) is 0 Å². The summed E-state index contributed by atoms with van der Waals surface area (Å²) in [5.41, 5.74) is 4.07. The van der Waals surface area contributed by atoms with Gasteiger partial charge in [0.15, 0.2) is 5.11 Å². The average Bonchev–Trinajstić information content (AvgIpc) is 3.20. The average molecular weight is 421 g/mol. The van der Waals surface area contributed by atoms with Gasteiger partial charge in [-0.1, -0.05) is 6.92 Å². The smallest absolute Gasteiger partial charge is 0.341 e. The normalized spacial score (nSPS) is 15.8. The van der Waals surface area contributed by atoms with Crippen LogP contribution in [0.2, 0.25) is 0 Å². The molecule has 2 aromatic heterocycles. The number of anilines is 1. The molecular weight excluding hydrogens is 392 g/mol. The molecule has 0 saturated heterocycles. The van der Waals surface area contributed by atoms with E-state index < -0.39 is 0 Å². The van der Waals surface area contributed by atoms with E-state index in [1.54, 1.807) is 11.3 Å². The Morgan fingerprint density at radius 2 is 2.29 bits per heavy atom. The number of ether oxygens (including phenoxy) is 1. The summed E-state index contributed by atoms with van der Waals surface area (Å²) >= 11 is 7.25. The monoisotopic (exact) mass is 420 g/mol. The van der Waals surface area contributed by atoms with Gasteiger partial charge in [0, 0.05) is 36.3 Å². The zero-order valence-electron chi connectivity index (χ0n) is 17.2. The van der Waals surface area contributed by atoms with Gasteiger partial charge >= 0.3 is 5.97 Å². The lowest BCUT2D eigenvalue weighted by Gasteiger charge is -2.21. The zero-order valence-corrected chi connectivity index (χ0v) is 18.8. The van der Waals surface area contributed by atoms with E-state index in [0.29, 0.717) is 23.1 Å². The van der Waals surface area contributed by atoms with Gasteiger partial charge in [-0.2, -0.15) is 5.10 Å². The molecule has 0 aromatic carbocycles. The Balaban J connectivity index is 1.79. The second-order valence-corrected chi connectivity index (χ2v) is 8.90. The highest BCUT2D eigenvalue weighted by atomic mass is 32.1. The predicted molar refractivity (Wildman–Crippen MR) is 117 cm³/mol. The van der Waals surface area contributed by atoms with Crippen molar-refractivity contribution in [2.24, 2.45) is 5.92 Å². The van der Waals surface area contributed by atoms with Gasteiger partial charge in [0.05, 0.1) is 18.9 Å². The molecule has 0 radical (unpaired) electrons. The first-order chi connectivity index (χ1) is 13.3. The number of fused-ring (bicyclic) bond motifs is 1. The SMILES string of the molecule is CCn1ncc(CN(C)C(=S)Nc2sc3c(c2C(=O)OC)CCC(C)C3)c1C. The molecule has 0 spiro atoms. The molecule has 1 aliphatic carbocycles. The molecule has 0 saturated carbocycles. The molecule has 2 aromatic rings. The number of thiophene rings is 1. The van der Waals surface area contributed by atoms with Crippen molar-refractivity contribution in [2.45, 2.75) is 53.1 Å². The quantitative estimate of drug-likeness (QED) is 0.583. The third-order valence-corrected chi connectivity index (χ3v) is 6.96. The fourth-order valence-electron chi connectivity index (χ4n) is 3.64. The maximum atomic E-state index is 12.4. The molecule has 6 nitrogen and oxygen atoms in total. The molecule has 1 atom stereocenters. The summed E-state index contributed by atoms with van der Waals surface area (Å²) in [5.74, 6) is 0.345. The number of methoxy groups -OCH3 is 1. The molecule has 0 amide bonds. The molecule has 3 rings (SSSR count). The first-order valence-electron chi connectivity index (χ1n) is 9.61. The number of hydrogen-bond donors (Lipinski definition) is 1. The van der Waals surface area contributed by atoms with Crippen LogP contribution in [0.1, 0.15) is 52.3 Å². The summed E-state index contributed by atoms with van der Waals surface area (Å²) in [6.07, 6.45) is 4.90. The van der Waals surface area contributed by atoms with Crippen LogP contribution < -0.4 is 5.32 Å². The van der Waals surface area contributed by atoms with E-state index in [1.165, 1.54) is 12.0 Å². The Bertz CT molecular complexity index is 887. The van der Waals surface area contributed by atoms with Crippen LogP contribution in [-0.4, -0.2) is 39.9 Å². The highest BCUT2D eigenvalue weighted by molar-refractivity contribution is 7.80. The van der Waals surface area contributed by atoms with E-state index in [4.69, 9.17) is 17.0 Å². The molecule has 28 heavy (non-hydrogen) atoms. The van der Waals surface area contributed by atoms with Crippen LogP contribution in [0.4, 0.5) is 5.00 Å². The summed E-state index contributed by atoms with van der Waals surface area (Å²) in [7, 11) is 3.38. The molecule has 1 unspecified atom stereocenters. The van der Waals surface area contributed by atoms with Crippen LogP contribution in [0, 0.1) is 12.8 Å². The number of nitrogens with zero attached hydrogens (tertiary/aromatic N) is 3. The molecule has 2 heterocycles. The zero-order chi connectivity index (χ0) is 20.4. The predicted octanol–water partition coefficient (Wildman–Crippen LogP) is 4.01. The topological polar surface area (TPSA) is 59.4 Å². The maximum Gasteiger partial charge on any atom is 0.341 e. The van der Waals surface area contributed by atoms with E-state index in [0.717, 1.165) is 47.6 Å². The van der Waals surface area contributed by atoms with E-state index in [9.17, 15) is 4.79 Å². The van der Waals surface area contributed by atoms with Crippen LogP contribution in [0.3, 0.4) is 0 Å². The standard InChI is InChI=1S/C20H28N4O2S2/c1-6-24-13(3)14(10-21-24)11-23(4)20(27)22-18-17(19(25)26-5)15-8-7-12(2)9-16(15)28-18/h10,12H,6-9,11H2,1-5H3,(H,22,27). The van der Waals surface area contributed by atoms with Gasteiger partial charge in [-0.25, -0.2) is 4.79 Å². The van der Waals surface area contributed by atoms with Crippen molar-refractivity contribution in [2.75, 3.05) is 19.5 Å². The molecule has 0 fully saturated rings. The number of aromatic nitrogens is 2. The molecule has 0 bridgehead atoms. The fraction of sp³-hybridized carbons (Fsp3) is 0.550. The minimum absolute atomic E-state index is 0.292. The minimum atomic E-state index is -0.292. The lowest BCUT2D eigenvalue weighted by molar-refractivity contribution is 0.0601. The highest BCUT2D eigenvalue weighted by Crippen LogP contribution is 2.40. The Morgan fingerprint density at radius 1 is 1.54 bits per heavy atom. The number of carbonyl (C=O) groups excluding carboxylic acids is 1. The lowest BCUT2D eigenvalue weighted by atomic mass is 9.88. The van der Waals surface area contributed by atoms with Gasteiger partial charge in [-0.05, 0) is 56.8 Å². The van der Waals surface area contributed by atoms with Crippen LogP contribution in [0.25, 0.3) is 0 Å². The van der Waals surface area contributed by atoms with Gasteiger partial charge in [0.1, 0.15) is 5.00 Å². The van der Waals surface area contributed by atoms with Crippen molar-refractivity contribution in [1.82, 2.24) is 14.7 Å². The van der Waals surface area contributed by atoms with Gasteiger partial charge in [-0.3, -0.25) is 4.68 Å². The first-order valence-corrected chi connectivity index (χ1v) is 10.8. The highest BCUT2D eigenvalue weighted by Gasteiger charge is 2.28. The summed E-state index contributed by atoms with van der Waals surface area (Å²) in [6.45, 7) is 7.91. The summed E-state index contributed by atoms with van der Waals surface area (Å²) < 4.78 is 7.03. The van der Waals surface area contributed by atoms with Crippen LogP contribution >= 0.6 is 23.6 Å². The van der Waals surface area contributed by atoms with Crippen LogP contribution in [0.5, 0.6) is 0 Å². The largest absolute Gasteiger partial charge is 0.465 e. The minimum Gasteiger partial charge on any atom is -0.465 e. The van der Waals surface area contributed by atoms with Crippen LogP contribution in [0.15, 0.2) is 6.20 Å². The van der Waals surface area contributed by atoms with E-state index >= 15 is 0 Å². The van der Waals surface area contributed by atoms with E-state index in [2.05, 4.69) is 31.2 Å². The number of carbonyl (C=O) groups is 1. The Hall–Kier alpha value is -1.93. The lowest BCUT2D eigenvalue weighted by Crippen LogP contribution is -2.31. The third kappa shape index (κ3) is 4.07. The second kappa shape index (κ2) is 8.61. The molecule has 152 valence electrons. The van der Waals surface area contributed by atoms with Crippen molar-refractivity contribution < 1.29 is 9.53 Å². The molecule has 1 N–H and O–H groups in total. The number of aryl methyl sites for hydroxylation is 1. The van der Waals surface area contributed by atoms with E-state index in [-0.39, 0.29) is 5.97 Å². The number of thiocarbonyl (C=S) groups is 1. The maximum absolute atomic E-state index is 12.4. The second-order valence-electron chi connectivity index (χ2n) is 7.40. The summed E-state index contributed by atoms with van der Waals surface area (Å²) in [5, 5.41) is 9.08. The number of hydrogen-bond acceptors (Lipinski definition) is 5. The molecule has 1 aliphatic rings. The molecule has 8 heteroatoms. The van der Waals surface area contributed by atoms with Crippen molar-refractivity contribution in [3.05, 3.63) is 33.5 Å². The van der Waals surface area contributed by atoms with Gasteiger partial charge in [-0.15, -0.1) is 11.3 Å². The fourth-order valence-corrected chi connectivity index (χ4v) is 5.27.